The van der Waals surface area contributed by atoms with Crippen molar-refractivity contribution >= 4 is 43.2 Å². The van der Waals surface area contributed by atoms with Crippen LogP contribution in [0.1, 0.15) is 91.8 Å². The molecule has 5 N–H and O–H groups in total. The molecule has 1 saturated carbocycles. The van der Waals surface area contributed by atoms with E-state index >= 15 is 0 Å². The normalized spacial score (nSPS) is 20.7. The molecule has 234 valence electrons. The number of amides is 1. The van der Waals surface area contributed by atoms with E-state index in [1.807, 2.05) is 24.3 Å². The van der Waals surface area contributed by atoms with E-state index in [-0.39, 0.29) is 23.5 Å². The first-order valence-electron chi connectivity index (χ1n) is 15.4. The fourth-order valence-electron chi connectivity index (χ4n) is 6.96. The average Bonchev–Trinajstić information content (AvgIpc) is 3.52. The lowest BCUT2D eigenvalue weighted by atomic mass is 9.71. The van der Waals surface area contributed by atoms with E-state index in [1.165, 1.54) is 48.3 Å². The molecular formula is C33H47N5O3S2. The van der Waals surface area contributed by atoms with Crippen LogP contribution in [-0.2, 0) is 22.9 Å². The molecule has 3 aromatic rings. The third kappa shape index (κ3) is 7.59. The number of carbonyl (C=O) groups is 1. The maximum Gasteiger partial charge on any atom is 0.261 e. The van der Waals surface area contributed by atoms with Crippen LogP contribution in [-0.4, -0.2) is 50.1 Å². The van der Waals surface area contributed by atoms with Gasteiger partial charge in [0.05, 0.1) is 17.2 Å². The van der Waals surface area contributed by atoms with Gasteiger partial charge in [-0.1, -0.05) is 32.9 Å². The number of aryl methyl sites for hydroxylation is 1. The Morgan fingerprint density at radius 1 is 1.19 bits per heavy atom. The second kappa shape index (κ2) is 12.1. The maximum absolute atomic E-state index is 13.7. The van der Waals surface area contributed by atoms with Crippen molar-refractivity contribution in [2.24, 2.45) is 16.7 Å². The second-order valence-electron chi connectivity index (χ2n) is 14.1. The van der Waals surface area contributed by atoms with Crippen LogP contribution in [0.15, 0.2) is 36.4 Å². The third-order valence-electron chi connectivity index (χ3n) is 9.65. The minimum absolute atomic E-state index is 0. The number of hydrogen-bond donors (Lipinski definition) is 3. The van der Waals surface area contributed by atoms with Crippen LogP contribution in [0.2, 0.25) is 0 Å². The molecule has 3 heterocycles. The van der Waals surface area contributed by atoms with Gasteiger partial charge in [0, 0.05) is 29.9 Å². The van der Waals surface area contributed by atoms with Gasteiger partial charge in [0.25, 0.3) is 5.91 Å². The van der Waals surface area contributed by atoms with Gasteiger partial charge in [0.1, 0.15) is 4.83 Å². The Labute approximate surface area is 260 Å². The first-order chi connectivity index (χ1) is 19.9. The smallest absolute Gasteiger partial charge is 0.261 e. The van der Waals surface area contributed by atoms with Crippen molar-refractivity contribution in [3.8, 4) is 0 Å². The van der Waals surface area contributed by atoms with Gasteiger partial charge in [-0.2, -0.15) is 0 Å². The molecule has 1 aliphatic heterocycles. The highest BCUT2D eigenvalue weighted by molar-refractivity contribution is 7.92. The number of nitrogens with zero attached hydrogens (tertiary/aromatic N) is 2. The minimum atomic E-state index is -3.41. The summed E-state index contributed by atoms with van der Waals surface area (Å²) in [5.74, 6) is 0.529. The quantitative estimate of drug-likeness (QED) is 0.255. The third-order valence-corrected chi connectivity index (χ3v) is 11.3. The van der Waals surface area contributed by atoms with Crippen LogP contribution in [0.3, 0.4) is 0 Å². The highest BCUT2D eigenvalue weighted by Gasteiger charge is 2.45. The molecule has 8 nitrogen and oxygen atoms in total. The van der Waals surface area contributed by atoms with Crippen molar-refractivity contribution in [1.82, 2.24) is 21.4 Å². The Hall–Kier alpha value is -2.53. The summed E-state index contributed by atoms with van der Waals surface area (Å²) in [6.45, 7) is 10.1. The lowest BCUT2D eigenvalue weighted by Crippen LogP contribution is -2.39. The zero-order chi connectivity index (χ0) is 29.7. The molecule has 3 aliphatic rings. The fraction of sp³-hybridized carbons (Fsp3) is 0.576. The maximum atomic E-state index is 13.7. The van der Waals surface area contributed by atoms with Gasteiger partial charge in [-0.15, -0.1) is 11.3 Å². The Morgan fingerprint density at radius 2 is 1.98 bits per heavy atom. The van der Waals surface area contributed by atoms with E-state index < -0.39 is 10.0 Å². The number of rotatable bonds is 8. The number of aromatic nitrogens is 1. The number of benzene rings is 1. The summed E-state index contributed by atoms with van der Waals surface area (Å²) >= 11 is 1.46. The molecule has 0 radical (unpaired) electrons. The fourth-order valence-corrected chi connectivity index (χ4v) is 8.45. The summed E-state index contributed by atoms with van der Waals surface area (Å²) in [4.78, 5) is 22.9. The van der Waals surface area contributed by atoms with Gasteiger partial charge in [0.15, 0.2) is 0 Å². The predicted octanol–water partition coefficient (Wildman–Crippen LogP) is 6.72. The van der Waals surface area contributed by atoms with E-state index in [0.717, 1.165) is 67.4 Å². The van der Waals surface area contributed by atoms with E-state index in [4.69, 9.17) is 4.98 Å². The number of thiophene rings is 1. The molecule has 1 spiro atoms. The van der Waals surface area contributed by atoms with Crippen LogP contribution in [0.5, 0.6) is 0 Å². The van der Waals surface area contributed by atoms with E-state index in [9.17, 15) is 13.2 Å². The number of sulfonamides is 1. The van der Waals surface area contributed by atoms with Crippen LogP contribution >= 0.6 is 11.3 Å². The number of carbonyl (C=O) groups excluding carboxylic acids is 1. The highest BCUT2D eigenvalue weighted by Crippen LogP contribution is 2.52. The summed E-state index contributed by atoms with van der Waals surface area (Å²) in [5.41, 5.74) is 4.71. The predicted molar refractivity (Wildman–Crippen MR) is 177 cm³/mol. The molecule has 2 aliphatic carbocycles. The standard InChI is InChI=1S/C33H44N4O3S2.H3N/c1-32(2,3)25-9-10-27-23(18-25)17-24-20-29(41-31(24)35-27)30(38)34-28(11-16-37-15-6-12-33(21-37)13-14-33)22-7-5-8-26(19-22)36-42(4,39)40;/h5,7-8,17,19-20,25,28,36H,6,9-16,18,21H2,1-4H3,(H,34,38);1H3/t25-,28+;/m0./s1. The Morgan fingerprint density at radius 3 is 2.70 bits per heavy atom. The molecule has 1 aromatic carbocycles. The van der Waals surface area contributed by atoms with Crippen molar-refractivity contribution in [3.63, 3.8) is 0 Å². The number of anilines is 1. The molecule has 2 fully saturated rings. The summed E-state index contributed by atoms with van der Waals surface area (Å²) in [7, 11) is -3.41. The molecule has 2 aromatic heterocycles. The molecule has 2 atom stereocenters. The Balaban J connectivity index is 0.00000368. The molecule has 43 heavy (non-hydrogen) atoms. The molecule has 0 unspecified atom stereocenters. The van der Waals surface area contributed by atoms with Crippen molar-refractivity contribution in [2.75, 3.05) is 30.6 Å². The Bertz CT molecular complexity index is 1590. The highest BCUT2D eigenvalue weighted by atomic mass is 32.2. The summed E-state index contributed by atoms with van der Waals surface area (Å²) < 4.78 is 26.4. The summed E-state index contributed by atoms with van der Waals surface area (Å²) in [6, 6.07) is 11.4. The van der Waals surface area contributed by atoms with Crippen molar-refractivity contribution in [1.29, 1.82) is 0 Å². The van der Waals surface area contributed by atoms with Crippen LogP contribution in [0, 0.1) is 16.7 Å². The number of nitrogens with one attached hydrogen (secondary N) is 2. The molecular weight excluding hydrogens is 579 g/mol. The number of hydrogen-bond acceptors (Lipinski definition) is 7. The molecule has 0 bridgehead atoms. The largest absolute Gasteiger partial charge is 0.344 e. The minimum Gasteiger partial charge on any atom is -0.344 e. The molecule has 1 saturated heterocycles. The monoisotopic (exact) mass is 625 g/mol. The van der Waals surface area contributed by atoms with Crippen molar-refractivity contribution in [3.05, 3.63) is 58.1 Å². The SMILES string of the molecule is CC(C)(C)[C@H]1CCc2nc3sc(C(=O)N[C@H](CCN4CCCC5(CC5)C4)c4cccc(NS(C)(=O)=O)c4)cc3cc2C1.N. The van der Waals surface area contributed by atoms with Crippen molar-refractivity contribution in [2.45, 2.75) is 78.2 Å². The van der Waals surface area contributed by atoms with Gasteiger partial charge in [-0.25, -0.2) is 13.4 Å². The second-order valence-corrected chi connectivity index (χ2v) is 16.9. The van der Waals surface area contributed by atoms with Crippen LogP contribution in [0.4, 0.5) is 5.69 Å². The number of fused-ring (bicyclic) bond motifs is 2. The number of likely N-dealkylation sites (tertiary alicyclic amines) is 1. The van der Waals surface area contributed by atoms with E-state index in [0.29, 0.717) is 21.9 Å². The first kappa shape index (κ1) is 31.9. The molecule has 6 rings (SSSR count). The summed E-state index contributed by atoms with van der Waals surface area (Å²) in [5, 5.41) is 4.35. The van der Waals surface area contributed by atoms with Crippen LogP contribution in [0.25, 0.3) is 10.2 Å². The summed E-state index contributed by atoms with van der Waals surface area (Å²) in [6.07, 6.45) is 10.3. The Kier molecular flexibility index (Phi) is 8.97. The van der Waals surface area contributed by atoms with Gasteiger partial charge in [-0.3, -0.25) is 9.52 Å². The lowest BCUT2D eigenvalue weighted by Gasteiger charge is -2.34. The van der Waals surface area contributed by atoms with E-state index in [2.05, 4.69) is 41.8 Å². The first-order valence-corrected chi connectivity index (χ1v) is 18.1. The number of pyridine rings is 1. The number of piperidine rings is 1. The van der Waals surface area contributed by atoms with Gasteiger partial charge in [-0.05, 0) is 110 Å². The average molecular weight is 626 g/mol. The van der Waals surface area contributed by atoms with Crippen molar-refractivity contribution < 1.29 is 13.2 Å². The topological polar surface area (TPSA) is 126 Å². The van der Waals surface area contributed by atoms with Gasteiger partial charge < -0.3 is 16.4 Å². The zero-order valence-electron chi connectivity index (χ0n) is 26.0. The molecule has 10 heteroatoms. The molecule has 1 amide bonds. The van der Waals surface area contributed by atoms with Gasteiger partial charge >= 0.3 is 0 Å². The lowest BCUT2D eigenvalue weighted by molar-refractivity contribution is 0.0930. The van der Waals surface area contributed by atoms with E-state index in [1.54, 1.807) is 6.07 Å². The zero-order valence-corrected chi connectivity index (χ0v) is 27.7. The van der Waals surface area contributed by atoms with Crippen LogP contribution < -0.4 is 16.2 Å². The van der Waals surface area contributed by atoms with Gasteiger partial charge in [0.2, 0.25) is 10.0 Å².